The lowest BCUT2D eigenvalue weighted by molar-refractivity contribution is 0.205. The molecule has 1 aliphatic rings. The van der Waals surface area contributed by atoms with E-state index in [-0.39, 0.29) is 5.41 Å². The lowest BCUT2D eigenvalue weighted by Crippen LogP contribution is -2.47. The molecular weight excluding hydrogens is 565 g/mol. The van der Waals surface area contributed by atoms with Crippen LogP contribution in [-0.4, -0.2) is 28.0 Å². The van der Waals surface area contributed by atoms with E-state index in [0.717, 1.165) is 38.0 Å². The number of alkyl halides is 1. The Bertz CT molecular complexity index is 1030. The van der Waals surface area contributed by atoms with Gasteiger partial charge in [0.1, 0.15) is 0 Å². The van der Waals surface area contributed by atoms with Crippen LogP contribution in [0.3, 0.4) is 0 Å². The molecule has 3 rings (SSSR count). The van der Waals surface area contributed by atoms with E-state index < -0.39 is 0 Å². The number of nitrogens with one attached hydrogen (secondary N) is 3. The van der Waals surface area contributed by atoms with Crippen molar-refractivity contribution in [2.24, 2.45) is 5.41 Å². The number of fused-ring (bicyclic) bond motifs is 1. The van der Waals surface area contributed by atoms with Crippen molar-refractivity contribution in [2.75, 3.05) is 13.1 Å². The van der Waals surface area contributed by atoms with Crippen LogP contribution in [0, 0.1) is 5.41 Å². The minimum Gasteiger partial charge on any atom is -0.382 e. The topological polar surface area (TPSA) is 39.8 Å². The number of hydrogen-bond acceptors (Lipinski definition) is 2. The number of benzene rings is 1. The molecule has 0 radical (unpaired) electrons. The maximum atomic E-state index is 4.47. The Kier molecular flexibility index (Phi) is 13.5. The summed E-state index contributed by atoms with van der Waals surface area (Å²) in [7, 11) is 0. The van der Waals surface area contributed by atoms with Crippen LogP contribution in [0.5, 0.6) is 0 Å². The van der Waals surface area contributed by atoms with E-state index in [1.54, 1.807) is 11.1 Å². The molecule has 2 aromatic rings. The molecule has 3 nitrogen and oxygen atoms in total. The normalized spacial score (nSPS) is 22.1. The highest BCUT2D eigenvalue weighted by Gasteiger charge is 2.44. The van der Waals surface area contributed by atoms with E-state index in [4.69, 9.17) is 0 Å². The van der Waals surface area contributed by atoms with Gasteiger partial charge in [-0.15, -0.1) is 6.58 Å². The molecule has 0 bridgehead atoms. The second kappa shape index (κ2) is 15.8. The fourth-order valence-electron chi connectivity index (χ4n) is 5.66. The zero-order chi connectivity index (χ0) is 27.4. The first-order valence-electron chi connectivity index (χ1n) is 14.5. The Balaban J connectivity index is 0.00000235. The maximum absolute atomic E-state index is 4.47. The van der Waals surface area contributed by atoms with Gasteiger partial charge < -0.3 is 15.6 Å². The molecule has 1 aromatic carbocycles. The van der Waals surface area contributed by atoms with Crippen LogP contribution >= 0.6 is 22.6 Å². The van der Waals surface area contributed by atoms with E-state index in [9.17, 15) is 0 Å². The number of H-pyrrole nitrogens is 1. The van der Waals surface area contributed by atoms with Crippen LogP contribution in [0.15, 0.2) is 60.3 Å². The van der Waals surface area contributed by atoms with E-state index in [1.165, 1.54) is 54.1 Å². The summed E-state index contributed by atoms with van der Waals surface area (Å²) in [5, 5.41) is 8.85. The number of para-hydroxylation sites is 1. The van der Waals surface area contributed by atoms with Gasteiger partial charge in [0.2, 0.25) is 0 Å². The molecule has 3 N–H and O–H groups in total. The third-order valence-corrected chi connectivity index (χ3v) is 9.85. The standard InChI is InChI=1S/C31H46IN3.C2H6/c1-7-8-18-33-20-17-31(24(5)23(4)13-12-22(2)3)21-27(14-15-29(31)32)35-25(6)28-11-9-10-26-16-19-34-30(26)28;1-2/h9-11,16,19,27,29,33-35H,2,6-8,12-15,17-18,20-21H2,1,3-5H3;1-2H3/b24-23+;. The van der Waals surface area contributed by atoms with Gasteiger partial charge in [-0.2, -0.15) is 0 Å². The summed E-state index contributed by atoms with van der Waals surface area (Å²) in [5.41, 5.74) is 8.03. The van der Waals surface area contributed by atoms with Gasteiger partial charge in [0, 0.05) is 38.2 Å². The average molecular weight is 618 g/mol. The number of aromatic amines is 1. The third-order valence-electron chi connectivity index (χ3n) is 8.04. The van der Waals surface area contributed by atoms with Crippen molar-refractivity contribution in [3.63, 3.8) is 0 Å². The van der Waals surface area contributed by atoms with Crippen LogP contribution in [0.4, 0.5) is 0 Å². The minimum atomic E-state index is 0.202. The van der Waals surface area contributed by atoms with E-state index in [0.29, 0.717) is 9.97 Å². The Morgan fingerprint density at radius 3 is 2.54 bits per heavy atom. The Labute approximate surface area is 241 Å². The smallest absolute Gasteiger partial charge is 0.0548 e. The lowest BCUT2D eigenvalue weighted by atomic mass is 9.64. The van der Waals surface area contributed by atoms with Gasteiger partial charge >= 0.3 is 0 Å². The molecule has 3 unspecified atom stereocenters. The number of halogens is 1. The SMILES string of the molecule is C=C(C)CC/C(C)=C(\C)C1(CCNCCCC)CC(NC(=C)c2cccc3cc[nH]c23)CCC1I.CC. The van der Waals surface area contributed by atoms with Gasteiger partial charge in [0.05, 0.1) is 5.52 Å². The fourth-order valence-corrected chi connectivity index (χ4v) is 7.06. The van der Waals surface area contributed by atoms with Crippen molar-refractivity contribution >= 4 is 39.2 Å². The lowest BCUT2D eigenvalue weighted by Gasteiger charge is -2.47. The van der Waals surface area contributed by atoms with Gasteiger partial charge in [0.25, 0.3) is 0 Å². The number of hydrogen-bond donors (Lipinski definition) is 3. The van der Waals surface area contributed by atoms with Gasteiger partial charge in [-0.25, -0.2) is 0 Å². The number of aromatic nitrogens is 1. The molecule has 0 spiro atoms. The Morgan fingerprint density at radius 1 is 1.08 bits per heavy atom. The first-order chi connectivity index (χ1) is 17.8. The van der Waals surface area contributed by atoms with Crippen LogP contribution in [-0.2, 0) is 0 Å². The van der Waals surface area contributed by atoms with Crippen molar-refractivity contribution in [3.05, 3.63) is 65.9 Å². The number of rotatable bonds is 13. The Hall–Kier alpha value is -1.53. The van der Waals surface area contributed by atoms with Crippen LogP contribution in [0.25, 0.3) is 16.6 Å². The third kappa shape index (κ3) is 8.48. The summed E-state index contributed by atoms with van der Waals surface area (Å²) >= 11 is 2.76. The van der Waals surface area contributed by atoms with E-state index in [2.05, 4.69) is 103 Å². The summed E-state index contributed by atoms with van der Waals surface area (Å²) in [6.45, 7) is 24.0. The van der Waals surface area contributed by atoms with Gasteiger partial charge in [-0.3, -0.25) is 0 Å². The molecular formula is C33H52IN3. The maximum Gasteiger partial charge on any atom is 0.0548 e. The van der Waals surface area contributed by atoms with Crippen molar-refractivity contribution in [3.8, 4) is 0 Å². The van der Waals surface area contributed by atoms with E-state index in [1.807, 2.05) is 20.0 Å². The highest BCUT2D eigenvalue weighted by molar-refractivity contribution is 14.1. The summed E-state index contributed by atoms with van der Waals surface area (Å²) in [5.74, 6) is 0. The van der Waals surface area contributed by atoms with Crippen molar-refractivity contribution in [2.45, 2.75) is 103 Å². The zero-order valence-electron chi connectivity index (χ0n) is 24.4. The average Bonchev–Trinajstić information content (AvgIpc) is 3.38. The van der Waals surface area contributed by atoms with Gasteiger partial charge in [-0.1, -0.05) is 91.3 Å². The summed E-state index contributed by atoms with van der Waals surface area (Å²) in [4.78, 5) is 3.41. The first-order valence-corrected chi connectivity index (χ1v) is 15.7. The second-order valence-electron chi connectivity index (χ2n) is 10.7. The first kappa shape index (κ1) is 31.7. The molecule has 0 saturated heterocycles. The second-order valence-corrected chi connectivity index (χ2v) is 12.2. The largest absolute Gasteiger partial charge is 0.382 e. The van der Waals surface area contributed by atoms with E-state index >= 15 is 0 Å². The summed E-state index contributed by atoms with van der Waals surface area (Å²) < 4.78 is 0.644. The highest BCUT2D eigenvalue weighted by atomic mass is 127. The summed E-state index contributed by atoms with van der Waals surface area (Å²) in [6, 6.07) is 9.02. The number of allylic oxidation sites excluding steroid dienone is 3. The molecule has 1 fully saturated rings. The van der Waals surface area contributed by atoms with Gasteiger partial charge in [0.15, 0.2) is 0 Å². The highest BCUT2D eigenvalue weighted by Crippen LogP contribution is 2.50. The van der Waals surface area contributed by atoms with Crippen LogP contribution in [0.2, 0.25) is 0 Å². The minimum absolute atomic E-state index is 0.202. The molecule has 1 aliphatic carbocycles. The summed E-state index contributed by atoms with van der Waals surface area (Å²) in [6.07, 6.45) is 11.5. The molecule has 4 heteroatoms. The van der Waals surface area contributed by atoms with Crippen molar-refractivity contribution < 1.29 is 0 Å². The monoisotopic (exact) mass is 617 g/mol. The molecule has 1 saturated carbocycles. The van der Waals surface area contributed by atoms with Gasteiger partial charge in [-0.05, 0) is 84.9 Å². The molecule has 3 atom stereocenters. The predicted octanol–water partition coefficient (Wildman–Crippen LogP) is 9.57. The fraction of sp³-hybridized carbons (Fsp3) is 0.576. The quantitative estimate of drug-likeness (QED) is 0.0907. The van der Waals surface area contributed by atoms with Crippen molar-refractivity contribution in [1.29, 1.82) is 0 Å². The predicted molar refractivity (Wildman–Crippen MR) is 175 cm³/mol. The van der Waals surface area contributed by atoms with Crippen LogP contribution in [0.1, 0.15) is 98.5 Å². The molecule has 1 aromatic heterocycles. The number of unbranched alkanes of at least 4 members (excludes halogenated alkanes) is 1. The van der Waals surface area contributed by atoms with Crippen molar-refractivity contribution in [1.82, 2.24) is 15.6 Å². The molecule has 0 aliphatic heterocycles. The zero-order valence-corrected chi connectivity index (χ0v) is 26.6. The molecule has 206 valence electrons. The molecule has 0 amide bonds. The van der Waals surface area contributed by atoms with Crippen LogP contribution < -0.4 is 10.6 Å². The molecule has 1 heterocycles. The Morgan fingerprint density at radius 2 is 1.84 bits per heavy atom. The molecule has 37 heavy (non-hydrogen) atoms.